The summed E-state index contributed by atoms with van der Waals surface area (Å²) in [6.45, 7) is 0. The molecular formula is C15H11Br2FN2O3. The zero-order chi connectivity index (χ0) is 17.0. The second-order valence-corrected chi connectivity index (χ2v) is 5.94. The van der Waals surface area contributed by atoms with Crippen molar-refractivity contribution >= 4 is 44.0 Å². The molecule has 0 aliphatic rings. The van der Waals surface area contributed by atoms with Crippen LogP contribution in [0.5, 0.6) is 11.5 Å². The van der Waals surface area contributed by atoms with Gasteiger partial charge in [0.2, 0.25) is 0 Å². The van der Waals surface area contributed by atoms with Gasteiger partial charge in [0.05, 0.1) is 17.8 Å². The third-order valence-corrected chi connectivity index (χ3v) is 5.01. The maximum absolute atomic E-state index is 13.1. The van der Waals surface area contributed by atoms with Crippen molar-refractivity contribution in [3.05, 3.63) is 56.2 Å². The fraction of sp³-hybridized carbons (Fsp3) is 0.0667. The van der Waals surface area contributed by atoms with Gasteiger partial charge in [-0.1, -0.05) is 6.07 Å². The van der Waals surface area contributed by atoms with E-state index in [1.54, 1.807) is 6.07 Å². The van der Waals surface area contributed by atoms with Gasteiger partial charge in [0.15, 0.2) is 11.5 Å². The van der Waals surface area contributed by atoms with Crippen LogP contribution in [0.4, 0.5) is 4.39 Å². The Bertz CT molecular complexity index is 782. The van der Waals surface area contributed by atoms with Crippen LogP contribution in [0.3, 0.4) is 0 Å². The Morgan fingerprint density at radius 3 is 2.74 bits per heavy atom. The summed E-state index contributed by atoms with van der Waals surface area (Å²) in [7, 11) is 1.42. The maximum Gasteiger partial charge on any atom is 0.271 e. The van der Waals surface area contributed by atoms with Crippen LogP contribution in [0.15, 0.2) is 44.4 Å². The lowest BCUT2D eigenvalue weighted by atomic mass is 10.2. The summed E-state index contributed by atoms with van der Waals surface area (Å²) < 4.78 is 19.0. The normalized spacial score (nSPS) is 10.8. The maximum atomic E-state index is 13.1. The molecule has 0 saturated heterocycles. The molecule has 2 rings (SSSR count). The van der Waals surface area contributed by atoms with Crippen LogP contribution in [0.25, 0.3) is 0 Å². The summed E-state index contributed by atoms with van der Waals surface area (Å²) in [4.78, 5) is 11.8. The Labute approximate surface area is 148 Å². The van der Waals surface area contributed by atoms with Gasteiger partial charge in [-0.25, -0.2) is 9.82 Å². The quantitative estimate of drug-likeness (QED) is 0.555. The summed E-state index contributed by atoms with van der Waals surface area (Å²) in [5.41, 5.74) is 3.02. The molecule has 0 fully saturated rings. The number of amides is 1. The van der Waals surface area contributed by atoms with E-state index in [0.717, 1.165) is 6.07 Å². The average molecular weight is 446 g/mol. The summed E-state index contributed by atoms with van der Waals surface area (Å²) in [5, 5.41) is 13.7. The van der Waals surface area contributed by atoms with Gasteiger partial charge < -0.3 is 9.84 Å². The topological polar surface area (TPSA) is 70.9 Å². The molecule has 2 N–H and O–H groups in total. The molecule has 2 aromatic carbocycles. The first-order valence-corrected chi connectivity index (χ1v) is 7.86. The first-order valence-electron chi connectivity index (χ1n) is 6.28. The smallest absolute Gasteiger partial charge is 0.271 e. The zero-order valence-corrected chi connectivity index (χ0v) is 15.0. The summed E-state index contributed by atoms with van der Waals surface area (Å²) >= 11 is 6.52. The van der Waals surface area contributed by atoms with Crippen molar-refractivity contribution in [2.45, 2.75) is 0 Å². The van der Waals surface area contributed by atoms with Gasteiger partial charge in [-0.3, -0.25) is 4.79 Å². The van der Waals surface area contributed by atoms with E-state index >= 15 is 0 Å². The highest BCUT2D eigenvalue weighted by Crippen LogP contribution is 2.41. The second-order valence-electron chi connectivity index (χ2n) is 4.35. The predicted molar refractivity (Wildman–Crippen MR) is 91.5 cm³/mol. The molecule has 0 bridgehead atoms. The first kappa shape index (κ1) is 17.4. The van der Waals surface area contributed by atoms with Crippen LogP contribution in [-0.2, 0) is 0 Å². The molecule has 23 heavy (non-hydrogen) atoms. The number of ether oxygens (including phenoxy) is 1. The van der Waals surface area contributed by atoms with E-state index in [2.05, 4.69) is 42.4 Å². The number of carbonyl (C=O) groups excluding carboxylic acids is 1. The number of hydrogen-bond acceptors (Lipinski definition) is 4. The van der Waals surface area contributed by atoms with Crippen molar-refractivity contribution in [3.8, 4) is 11.5 Å². The lowest BCUT2D eigenvalue weighted by Gasteiger charge is -2.09. The molecule has 0 aromatic heterocycles. The number of hydrogen-bond donors (Lipinski definition) is 2. The number of phenolic OH excluding ortho intramolecular Hbond substituents is 1. The Morgan fingerprint density at radius 2 is 2.09 bits per heavy atom. The Hall–Kier alpha value is -1.93. The number of nitrogens with one attached hydrogen (secondary N) is 1. The number of rotatable bonds is 4. The van der Waals surface area contributed by atoms with E-state index in [1.807, 2.05) is 0 Å². The van der Waals surface area contributed by atoms with E-state index in [0.29, 0.717) is 14.5 Å². The first-order chi connectivity index (χ1) is 10.9. The van der Waals surface area contributed by atoms with E-state index < -0.39 is 11.7 Å². The van der Waals surface area contributed by atoms with Crippen molar-refractivity contribution in [2.75, 3.05) is 7.11 Å². The van der Waals surface area contributed by atoms with E-state index in [-0.39, 0.29) is 17.1 Å². The van der Waals surface area contributed by atoms with Crippen molar-refractivity contribution in [3.63, 3.8) is 0 Å². The minimum absolute atomic E-state index is 0.0553. The van der Waals surface area contributed by atoms with Crippen LogP contribution >= 0.6 is 31.9 Å². The zero-order valence-electron chi connectivity index (χ0n) is 11.8. The van der Waals surface area contributed by atoms with Gasteiger partial charge in [0, 0.05) is 15.6 Å². The molecule has 0 aliphatic heterocycles. The molecule has 8 heteroatoms. The lowest BCUT2D eigenvalue weighted by molar-refractivity contribution is 0.0954. The summed E-state index contributed by atoms with van der Waals surface area (Å²) in [5.74, 6) is -0.850. The fourth-order valence-corrected chi connectivity index (χ4v) is 2.54. The highest BCUT2D eigenvalue weighted by molar-refractivity contribution is 9.13. The molecule has 0 saturated carbocycles. The molecule has 120 valence electrons. The minimum atomic E-state index is -0.540. The van der Waals surface area contributed by atoms with E-state index in [4.69, 9.17) is 4.74 Å². The monoisotopic (exact) mass is 444 g/mol. The van der Waals surface area contributed by atoms with Crippen LogP contribution in [0.1, 0.15) is 15.9 Å². The average Bonchev–Trinajstić information content (AvgIpc) is 2.54. The Kier molecular flexibility index (Phi) is 5.73. The van der Waals surface area contributed by atoms with Crippen LogP contribution in [0, 0.1) is 5.82 Å². The molecule has 0 unspecified atom stereocenters. The molecule has 2 aromatic rings. The molecule has 0 atom stereocenters. The summed E-state index contributed by atoms with van der Waals surface area (Å²) in [6.07, 6.45) is 1.37. The standard InChI is InChI=1S/C15H11Br2FN2O3/c1-23-11-6-9(12(16)13(17)14(11)21)7-19-20-15(22)8-3-2-4-10(18)5-8/h2-7,21H,1H3,(H,20,22)/b19-7-. The Balaban J connectivity index is 2.18. The second kappa shape index (κ2) is 7.56. The largest absolute Gasteiger partial charge is 0.503 e. The Morgan fingerprint density at radius 1 is 1.35 bits per heavy atom. The van der Waals surface area contributed by atoms with Gasteiger partial charge in [-0.2, -0.15) is 5.10 Å². The van der Waals surface area contributed by atoms with Crippen molar-refractivity contribution < 1.29 is 19.0 Å². The number of aromatic hydroxyl groups is 1. The molecule has 0 radical (unpaired) electrons. The molecular weight excluding hydrogens is 435 g/mol. The number of benzene rings is 2. The van der Waals surface area contributed by atoms with Gasteiger partial charge in [0.25, 0.3) is 5.91 Å². The number of halogens is 3. The van der Waals surface area contributed by atoms with Gasteiger partial charge >= 0.3 is 0 Å². The van der Waals surface area contributed by atoms with Crippen LogP contribution in [0.2, 0.25) is 0 Å². The summed E-state index contributed by atoms with van der Waals surface area (Å²) in [6, 6.07) is 6.82. The number of phenols is 1. The number of hydrazone groups is 1. The third kappa shape index (κ3) is 4.08. The van der Waals surface area contributed by atoms with Crippen molar-refractivity contribution in [1.82, 2.24) is 5.43 Å². The van der Waals surface area contributed by atoms with Gasteiger partial charge in [-0.15, -0.1) is 0 Å². The van der Waals surface area contributed by atoms with E-state index in [1.165, 1.54) is 31.5 Å². The highest BCUT2D eigenvalue weighted by atomic mass is 79.9. The predicted octanol–water partition coefficient (Wildman–Crippen LogP) is 3.83. The van der Waals surface area contributed by atoms with Crippen molar-refractivity contribution in [2.24, 2.45) is 5.10 Å². The molecule has 0 spiro atoms. The fourth-order valence-electron chi connectivity index (χ4n) is 1.72. The number of methoxy groups -OCH3 is 1. The van der Waals surface area contributed by atoms with Crippen LogP contribution in [-0.4, -0.2) is 24.3 Å². The third-order valence-electron chi connectivity index (χ3n) is 2.85. The minimum Gasteiger partial charge on any atom is -0.503 e. The highest BCUT2D eigenvalue weighted by Gasteiger charge is 2.14. The van der Waals surface area contributed by atoms with E-state index in [9.17, 15) is 14.3 Å². The van der Waals surface area contributed by atoms with Gasteiger partial charge in [-0.05, 0) is 56.1 Å². The number of nitrogens with zero attached hydrogens (tertiary/aromatic N) is 1. The molecule has 1 amide bonds. The van der Waals surface area contributed by atoms with Crippen LogP contribution < -0.4 is 10.2 Å². The SMILES string of the molecule is COc1cc(/C=N\NC(=O)c2cccc(F)c2)c(Br)c(Br)c1O. The van der Waals surface area contributed by atoms with Gasteiger partial charge in [0.1, 0.15) is 5.82 Å². The molecule has 0 heterocycles. The number of carbonyl (C=O) groups is 1. The molecule has 5 nitrogen and oxygen atoms in total. The molecule has 0 aliphatic carbocycles. The lowest BCUT2D eigenvalue weighted by Crippen LogP contribution is -2.17. The van der Waals surface area contributed by atoms with Crippen molar-refractivity contribution in [1.29, 1.82) is 0 Å².